The number of para-hydroxylation sites is 3. The molecule has 8 aromatic rings. The minimum atomic E-state index is 1.10. The van der Waals surface area contributed by atoms with Crippen molar-refractivity contribution in [3.63, 3.8) is 0 Å². The lowest BCUT2D eigenvalue weighted by atomic mass is 9.88. The predicted octanol–water partition coefficient (Wildman–Crippen LogP) is 14.3. The molecule has 53 heavy (non-hydrogen) atoms. The standard InChI is InChI=1S/C51H42N2/c1-5-17-38(18-6-2)39-27-30-43(31-28-39)52(47-25-15-13-19-36(47)3)48-34-32-44(40-20-9-7-10-21-40)51(37(48)4)41-29-33-50-46(35-41)45-24-14-16-26-49(45)53(50)42-22-11-8-12-23-42/h5-35H,1H2,2-4H3/b18-6-,38-17+. The zero-order valence-corrected chi connectivity index (χ0v) is 30.5. The van der Waals surface area contributed by atoms with E-state index in [9.17, 15) is 0 Å². The average Bonchev–Trinajstić information content (AvgIpc) is 3.54. The molecule has 0 fully saturated rings. The number of benzene rings is 7. The number of anilines is 3. The van der Waals surface area contributed by atoms with E-state index in [4.69, 9.17) is 0 Å². The summed E-state index contributed by atoms with van der Waals surface area (Å²) >= 11 is 0. The second kappa shape index (κ2) is 14.5. The van der Waals surface area contributed by atoms with Crippen LogP contribution in [-0.2, 0) is 0 Å². The second-order valence-corrected chi connectivity index (χ2v) is 13.4. The lowest BCUT2D eigenvalue weighted by Crippen LogP contribution is -2.13. The molecule has 0 unspecified atom stereocenters. The van der Waals surface area contributed by atoms with Crippen molar-refractivity contribution in [2.45, 2.75) is 20.8 Å². The summed E-state index contributed by atoms with van der Waals surface area (Å²) < 4.78 is 2.38. The van der Waals surface area contributed by atoms with Crippen LogP contribution in [-0.4, -0.2) is 4.57 Å². The molecule has 0 amide bonds. The fourth-order valence-corrected chi connectivity index (χ4v) is 7.74. The highest BCUT2D eigenvalue weighted by molar-refractivity contribution is 6.11. The average molecular weight is 683 g/mol. The summed E-state index contributed by atoms with van der Waals surface area (Å²) in [5.74, 6) is 0. The third-order valence-electron chi connectivity index (χ3n) is 10.2. The van der Waals surface area contributed by atoms with Gasteiger partial charge in [0.2, 0.25) is 0 Å². The fourth-order valence-electron chi connectivity index (χ4n) is 7.74. The Labute approximate surface area is 312 Å². The first kappa shape index (κ1) is 33.5. The minimum absolute atomic E-state index is 1.10. The smallest absolute Gasteiger partial charge is 0.0541 e. The van der Waals surface area contributed by atoms with Crippen molar-refractivity contribution >= 4 is 44.4 Å². The van der Waals surface area contributed by atoms with Gasteiger partial charge in [-0.25, -0.2) is 0 Å². The molecular weight excluding hydrogens is 641 g/mol. The van der Waals surface area contributed by atoms with Crippen molar-refractivity contribution in [1.29, 1.82) is 0 Å². The Morgan fingerprint density at radius 3 is 2.02 bits per heavy atom. The molecule has 256 valence electrons. The van der Waals surface area contributed by atoms with Gasteiger partial charge in [-0.1, -0.05) is 140 Å². The Morgan fingerprint density at radius 1 is 0.604 bits per heavy atom. The molecule has 0 saturated heterocycles. The molecule has 0 N–H and O–H groups in total. The number of hydrogen-bond acceptors (Lipinski definition) is 1. The summed E-state index contributed by atoms with van der Waals surface area (Å²) in [6, 6.07) is 59.3. The van der Waals surface area contributed by atoms with Crippen LogP contribution in [0.1, 0.15) is 23.6 Å². The Balaban J connectivity index is 1.37. The third-order valence-corrected chi connectivity index (χ3v) is 10.2. The maximum absolute atomic E-state index is 3.94. The van der Waals surface area contributed by atoms with Gasteiger partial charge in [-0.15, -0.1) is 0 Å². The Morgan fingerprint density at radius 2 is 1.28 bits per heavy atom. The summed E-state index contributed by atoms with van der Waals surface area (Å²) in [4.78, 5) is 2.42. The molecule has 1 aromatic heterocycles. The van der Waals surface area contributed by atoms with E-state index >= 15 is 0 Å². The van der Waals surface area contributed by atoms with Crippen LogP contribution in [0, 0.1) is 13.8 Å². The van der Waals surface area contributed by atoms with E-state index in [1.54, 1.807) is 0 Å². The van der Waals surface area contributed by atoms with Gasteiger partial charge in [0.25, 0.3) is 0 Å². The van der Waals surface area contributed by atoms with Crippen LogP contribution >= 0.6 is 0 Å². The van der Waals surface area contributed by atoms with Gasteiger partial charge in [-0.05, 0) is 120 Å². The van der Waals surface area contributed by atoms with Gasteiger partial charge in [-0.2, -0.15) is 0 Å². The minimum Gasteiger partial charge on any atom is -0.310 e. The van der Waals surface area contributed by atoms with Crippen molar-refractivity contribution in [2.24, 2.45) is 0 Å². The Hall–Kier alpha value is -6.64. The van der Waals surface area contributed by atoms with Crippen LogP contribution in [0.4, 0.5) is 17.1 Å². The highest BCUT2D eigenvalue weighted by Crippen LogP contribution is 2.46. The topological polar surface area (TPSA) is 8.17 Å². The summed E-state index contributed by atoms with van der Waals surface area (Å²) in [5, 5.41) is 2.48. The summed E-state index contributed by atoms with van der Waals surface area (Å²) in [7, 11) is 0. The summed E-state index contributed by atoms with van der Waals surface area (Å²) in [6.07, 6.45) is 8.10. The van der Waals surface area contributed by atoms with Gasteiger partial charge in [0, 0.05) is 33.5 Å². The van der Waals surface area contributed by atoms with E-state index in [1.165, 1.54) is 55.2 Å². The van der Waals surface area contributed by atoms with E-state index in [-0.39, 0.29) is 0 Å². The number of aromatic nitrogens is 1. The first-order chi connectivity index (χ1) is 26.1. The van der Waals surface area contributed by atoms with E-state index in [0.29, 0.717) is 0 Å². The number of allylic oxidation sites excluding steroid dienone is 5. The van der Waals surface area contributed by atoms with Crippen molar-refractivity contribution in [2.75, 3.05) is 4.90 Å². The first-order valence-corrected chi connectivity index (χ1v) is 18.3. The molecule has 0 aliphatic rings. The van der Waals surface area contributed by atoms with E-state index in [1.807, 2.05) is 13.0 Å². The third kappa shape index (κ3) is 6.19. The summed E-state index contributed by atoms with van der Waals surface area (Å²) in [6.45, 7) is 10.5. The first-order valence-electron chi connectivity index (χ1n) is 18.3. The quantitative estimate of drug-likeness (QED) is 0.138. The zero-order chi connectivity index (χ0) is 36.3. The van der Waals surface area contributed by atoms with Gasteiger partial charge in [0.1, 0.15) is 0 Å². The van der Waals surface area contributed by atoms with Gasteiger partial charge in [0.05, 0.1) is 11.0 Å². The monoisotopic (exact) mass is 682 g/mol. The molecule has 7 aromatic carbocycles. The zero-order valence-electron chi connectivity index (χ0n) is 30.5. The van der Waals surface area contributed by atoms with Gasteiger partial charge in [-0.3, -0.25) is 0 Å². The molecule has 0 spiro atoms. The van der Waals surface area contributed by atoms with Crippen LogP contribution in [0.15, 0.2) is 195 Å². The second-order valence-electron chi connectivity index (χ2n) is 13.4. The van der Waals surface area contributed by atoms with Crippen molar-refractivity contribution in [1.82, 2.24) is 4.57 Å². The maximum atomic E-state index is 3.94. The van der Waals surface area contributed by atoms with Crippen molar-refractivity contribution in [3.05, 3.63) is 211 Å². The summed E-state index contributed by atoms with van der Waals surface area (Å²) in [5.41, 5.74) is 16.5. The molecule has 0 atom stereocenters. The molecule has 0 aliphatic carbocycles. The van der Waals surface area contributed by atoms with E-state index in [0.717, 1.165) is 33.9 Å². The number of rotatable bonds is 9. The molecular formula is C51H42N2. The van der Waals surface area contributed by atoms with Crippen LogP contribution in [0.2, 0.25) is 0 Å². The number of nitrogens with zero attached hydrogens (tertiary/aromatic N) is 2. The van der Waals surface area contributed by atoms with Crippen LogP contribution < -0.4 is 4.90 Å². The SMILES string of the molecule is C=C/C=C(\C=C/C)c1ccc(N(c2ccccc2C)c2ccc(-c3ccccc3)c(-c3ccc4c(c3)c3ccccc3n4-c3ccccc3)c2C)cc1. The number of fused-ring (bicyclic) bond motifs is 3. The van der Waals surface area contributed by atoms with Crippen molar-refractivity contribution < 1.29 is 0 Å². The molecule has 2 heteroatoms. The molecule has 0 radical (unpaired) electrons. The van der Waals surface area contributed by atoms with Crippen LogP contribution in [0.25, 0.3) is 55.3 Å². The lowest BCUT2D eigenvalue weighted by molar-refractivity contribution is 1.18. The molecule has 1 heterocycles. The largest absolute Gasteiger partial charge is 0.310 e. The maximum Gasteiger partial charge on any atom is 0.0541 e. The van der Waals surface area contributed by atoms with Gasteiger partial charge >= 0.3 is 0 Å². The Bertz CT molecular complexity index is 2640. The molecule has 0 bridgehead atoms. The van der Waals surface area contributed by atoms with E-state index < -0.39 is 0 Å². The fraction of sp³-hybridized carbons (Fsp3) is 0.0588. The Kier molecular flexibility index (Phi) is 9.19. The lowest BCUT2D eigenvalue weighted by Gasteiger charge is -2.30. The highest BCUT2D eigenvalue weighted by atomic mass is 15.1. The number of aryl methyl sites for hydroxylation is 1. The van der Waals surface area contributed by atoms with Crippen molar-refractivity contribution in [3.8, 4) is 27.9 Å². The van der Waals surface area contributed by atoms with Gasteiger partial charge in [0.15, 0.2) is 0 Å². The molecule has 8 rings (SSSR count). The van der Waals surface area contributed by atoms with E-state index in [2.05, 4.69) is 212 Å². The predicted molar refractivity (Wildman–Crippen MR) is 229 cm³/mol. The normalized spacial score (nSPS) is 11.8. The molecule has 0 aliphatic heterocycles. The van der Waals surface area contributed by atoms with Gasteiger partial charge < -0.3 is 9.47 Å². The number of hydrogen-bond donors (Lipinski definition) is 0. The molecule has 0 saturated carbocycles. The molecule has 2 nitrogen and oxygen atoms in total. The highest BCUT2D eigenvalue weighted by Gasteiger charge is 2.22. The van der Waals surface area contributed by atoms with Crippen LogP contribution in [0.3, 0.4) is 0 Å². The van der Waals surface area contributed by atoms with Crippen LogP contribution in [0.5, 0.6) is 0 Å².